The molecule has 0 saturated heterocycles. The van der Waals surface area contributed by atoms with E-state index in [1.807, 2.05) is 48.5 Å². The monoisotopic (exact) mass is 580 g/mol. The Morgan fingerprint density at radius 1 is 0.879 bits per heavy atom. The second-order valence-electron chi connectivity index (χ2n) is 8.07. The minimum atomic E-state index is -4.53. The topological polar surface area (TPSA) is 38.0 Å². The summed E-state index contributed by atoms with van der Waals surface area (Å²) in [5.74, 6) is 0.122. The summed E-state index contributed by atoms with van der Waals surface area (Å²) in [5.41, 5.74) is 0.829. The lowest BCUT2D eigenvalue weighted by Gasteiger charge is -2.14. The molecule has 0 unspecified atom stereocenters. The molecule has 3 nitrogen and oxygen atoms in total. The van der Waals surface area contributed by atoms with Crippen LogP contribution in [-0.2, 0) is 11.8 Å². The van der Waals surface area contributed by atoms with Crippen LogP contribution in [0, 0.1) is 0 Å². The Morgan fingerprint density at radius 2 is 1.45 bits per heavy atom. The van der Waals surface area contributed by atoms with E-state index < -0.39 is 17.3 Å². The van der Waals surface area contributed by atoms with E-state index in [1.54, 1.807) is 39.6 Å². The molecular formula is C25H20F3IN2OS. The van der Waals surface area contributed by atoms with Crippen LogP contribution in [0.3, 0.4) is 0 Å². The summed E-state index contributed by atoms with van der Waals surface area (Å²) in [6.07, 6.45) is -2.95. The Kier molecular flexibility index (Phi) is 6.61. The molecule has 0 radical (unpaired) electrons. The normalized spacial score (nSPS) is 12.2. The van der Waals surface area contributed by atoms with Gasteiger partial charge in [-0.3, -0.25) is 4.57 Å². The maximum atomic E-state index is 13.7. The maximum absolute atomic E-state index is 13.7. The van der Waals surface area contributed by atoms with Gasteiger partial charge in [-0.05, 0) is 55.3 Å². The third kappa shape index (κ3) is 5.12. The van der Waals surface area contributed by atoms with Gasteiger partial charge < -0.3 is 5.11 Å². The second-order valence-corrected chi connectivity index (χ2v) is 10.0. The average Bonchev–Trinajstić information content (AvgIpc) is 3.25. The first-order chi connectivity index (χ1) is 15.6. The zero-order valence-corrected chi connectivity index (χ0v) is 20.7. The maximum Gasteiger partial charge on any atom is 0.417 e. The third-order valence-electron chi connectivity index (χ3n) is 5.23. The number of rotatable bonds is 5. The van der Waals surface area contributed by atoms with E-state index in [9.17, 15) is 18.3 Å². The molecule has 1 aromatic heterocycles. The van der Waals surface area contributed by atoms with E-state index in [2.05, 4.69) is 26.2 Å². The number of imidazole rings is 1. The number of hydrogen-bond acceptors (Lipinski definition) is 3. The van der Waals surface area contributed by atoms with E-state index in [0.717, 1.165) is 22.1 Å². The van der Waals surface area contributed by atoms with Crippen molar-refractivity contribution in [2.75, 3.05) is 0 Å². The molecule has 33 heavy (non-hydrogen) atoms. The fourth-order valence-corrected chi connectivity index (χ4v) is 4.62. The first-order valence-corrected chi connectivity index (χ1v) is 13.4. The smallest absolute Gasteiger partial charge is 0.384 e. The van der Waals surface area contributed by atoms with Gasteiger partial charge in [-0.1, -0.05) is 51.4 Å². The molecule has 0 aliphatic rings. The Hall–Kier alpha value is -2.30. The fraction of sp³-hybridized carbons (Fsp3) is 0.160. The molecule has 3 aromatic carbocycles. The molecule has 4 aromatic rings. The van der Waals surface area contributed by atoms with Gasteiger partial charge in [-0.15, -0.1) is 0 Å². The van der Waals surface area contributed by atoms with Crippen molar-refractivity contribution in [1.29, 1.82) is 0 Å². The highest BCUT2D eigenvalue weighted by Crippen LogP contribution is 2.38. The van der Waals surface area contributed by atoms with Gasteiger partial charge in [0.1, 0.15) is 11.4 Å². The van der Waals surface area contributed by atoms with Crippen molar-refractivity contribution in [3.8, 4) is 28.2 Å². The summed E-state index contributed by atoms with van der Waals surface area (Å²) in [7, 11) is 1.64. The quantitative estimate of drug-likeness (QED) is 0.244. The van der Waals surface area contributed by atoms with Gasteiger partial charge in [0.2, 0.25) is 0 Å². The molecule has 170 valence electrons. The van der Waals surface area contributed by atoms with Crippen LogP contribution in [0.4, 0.5) is 13.2 Å². The summed E-state index contributed by atoms with van der Waals surface area (Å²) in [6.45, 7) is 3.11. The van der Waals surface area contributed by atoms with Gasteiger partial charge in [0, 0.05) is 43.5 Å². The molecule has 0 saturated carbocycles. The van der Waals surface area contributed by atoms with Crippen LogP contribution in [0.1, 0.15) is 25.1 Å². The Bertz CT molecular complexity index is 1260. The standard InChI is InChI=1S/C25H20F3IN2OS/c1-24(2,32)22-15-31(23(30-22)20-5-3-4-6-21(20)25(26,27)28)18-11-7-16(8-12-18)17-9-13-19(33-29)14-10-17/h3-15,32H,1-2H3. The summed E-state index contributed by atoms with van der Waals surface area (Å²) in [6, 6.07) is 21.0. The van der Waals surface area contributed by atoms with Crippen molar-refractivity contribution in [2.45, 2.75) is 30.5 Å². The average molecular weight is 580 g/mol. The third-order valence-corrected chi connectivity index (χ3v) is 7.20. The number of hydrogen-bond donors (Lipinski definition) is 1. The van der Waals surface area contributed by atoms with E-state index >= 15 is 0 Å². The zero-order chi connectivity index (χ0) is 23.8. The van der Waals surface area contributed by atoms with Crippen molar-refractivity contribution in [2.24, 2.45) is 0 Å². The van der Waals surface area contributed by atoms with Gasteiger partial charge in [-0.2, -0.15) is 13.2 Å². The highest BCUT2D eigenvalue weighted by Gasteiger charge is 2.35. The zero-order valence-electron chi connectivity index (χ0n) is 17.8. The van der Waals surface area contributed by atoms with Gasteiger partial charge in [0.15, 0.2) is 0 Å². The molecule has 0 bridgehead atoms. The largest absolute Gasteiger partial charge is 0.417 e. The van der Waals surface area contributed by atoms with E-state index in [4.69, 9.17) is 0 Å². The molecule has 0 fully saturated rings. The summed E-state index contributed by atoms with van der Waals surface area (Å²) < 4.78 is 42.7. The summed E-state index contributed by atoms with van der Waals surface area (Å²) >= 11 is 2.23. The van der Waals surface area contributed by atoms with E-state index in [1.165, 1.54) is 12.1 Å². The van der Waals surface area contributed by atoms with Gasteiger partial charge in [-0.25, -0.2) is 4.98 Å². The van der Waals surface area contributed by atoms with Crippen LogP contribution in [0.15, 0.2) is 83.9 Å². The van der Waals surface area contributed by atoms with Gasteiger partial charge >= 0.3 is 6.18 Å². The molecule has 0 aliphatic carbocycles. The van der Waals surface area contributed by atoms with Crippen molar-refractivity contribution in [3.05, 3.63) is 90.3 Å². The summed E-state index contributed by atoms with van der Waals surface area (Å²) in [4.78, 5) is 5.57. The van der Waals surface area contributed by atoms with Crippen LogP contribution in [0.25, 0.3) is 28.2 Å². The van der Waals surface area contributed by atoms with E-state index in [-0.39, 0.29) is 17.1 Å². The number of halogens is 4. The number of aromatic nitrogens is 2. The van der Waals surface area contributed by atoms with Crippen molar-refractivity contribution >= 4 is 30.1 Å². The second kappa shape index (κ2) is 9.15. The van der Waals surface area contributed by atoms with Gasteiger partial charge in [0.05, 0.1) is 11.3 Å². The highest BCUT2D eigenvalue weighted by atomic mass is 127. The van der Waals surface area contributed by atoms with Crippen LogP contribution in [0.2, 0.25) is 0 Å². The minimum absolute atomic E-state index is 0.0449. The Balaban J connectivity index is 1.82. The first-order valence-electron chi connectivity index (χ1n) is 10.1. The molecule has 1 heterocycles. The molecule has 0 atom stereocenters. The number of alkyl halides is 3. The molecular weight excluding hydrogens is 560 g/mol. The number of nitrogens with zero attached hydrogens (tertiary/aromatic N) is 2. The SMILES string of the molecule is CC(C)(O)c1cn(-c2ccc(-c3ccc(SI)cc3)cc2)c(-c2ccccc2C(F)(F)F)n1. The number of aliphatic hydroxyl groups is 1. The van der Waals surface area contributed by atoms with Crippen molar-refractivity contribution in [1.82, 2.24) is 9.55 Å². The molecule has 8 heteroatoms. The summed E-state index contributed by atoms with van der Waals surface area (Å²) in [5, 5.41) is 10.5. The minimum Gasteiger partial charge on any atom is -0.384 e. The lowest BCUT2D eigenvalue weighted by Crippen LogP contribution is -2.15. The van der Waals surface area contributed by atoms with E-state index in [0.29, 0.717) is 5.69 Å². The fourth-order valence-electron chi connectivity index (χ4n) is 3.50. The van der Waals surface area contributed by atoms with Crippen LogP contribution >= 0.6 is 30.1 Å². The number of benzene rings is 3. The molecule has 0 amide bonds. The first kappa shape index (κ1) is 23.8. The van der Waals surface area contributed by atoms with Crippen LogP contribution in [0.5, 0.6) is 0 Å². The lowest BCUT2D eigenvalue weighted by molar-refractivity contribution is -0.137. The molecule has 0 spiro atoms. The molecule has 4 rings (SSSR count). The Labute approximate surface area is 206 Å². The molecule has 1 N–H and O–H groups in total. The highest BCUT2D eigenvalue weighted by molar-refractivity contribution is 14.2. The van der Waals surface area contributed by atoms with Crippen molar-refractivity contribution < 1.29 is 18.3 Å². The van der Waals surface area contributed by atoms with Crippen LogP contribution in [-0.4, -0.2) is 14.7 Å². The Morgan fingerprint density at radius 3 is 2.00 bits per heavy atom. The van der Waals surface area contributed by atoms with Crippen LogP contribution < -0.4 is 0 Å². The predicted octanol–water partition coefficient (Wildman–Crippen LogP) is 7.89. The predicted molar refractivity (Wildman–Crippen MR) is 135 cm³/mol. The van der Waals surface area contributed by atoms with Gasteiger partial charge in [0.25, 0.3) is 0 Å². The molecule has 0 aliphatic heterocycles. The lowest BCUT2D eigenvalue weighted by atomic mass is 10.0. The van der Waals surface area contributed by atoms with Crippen molar-refractivity contribution in [3.63, 3.8) is 0 Å².